The molecule has 2 aliphatic heterocycles. The van der Waals surface area contributed by atoms with Gasteiger partial charge in [0.2, 0.25) is 17.7 Å². The van der Waals surface area contributed by atoms with Crippen molar-refractivity contribution in [2.75, 3.05) is 131 Å². The Morgan fingerprint density at radius 3 is 1.87 bits per heavy atom. The van der Waals surface area contributed by atoms with Crippen LogP contribution in [0, 0.1) is 18.7 Å². The Bertz CT molecular complexity index is 3040. The van der Waals surface area contributed by atoms with Crippen molar-refractivity contribution in [1.82, 2.24) is 25.5 Å². The van der Waals surface area contributed by atoms with E-state index in [1.165, 1.54) is 6.07 Å². The van der Waals surface area contributed by atoms with Gasteiger partial charge in [0.25, 0.3) is 5.56 Å². The van der Waals surface area contributed by atoms with Crippen LogP contribution in [0.4, 0.5) is 14.9 Å². The number of nitrogens with two attached hydrogens (primary N) is 1. The third-order valence-electron chi connectivity index (χ3n) is 15.7. The van der Waals surface area contributed by atoms with Gasteiger partial charge in [-0.2, -0.15) is 0 Å². The number of aryl methyl sites for hydroxylation is 1. The molecule has 6 N–H and O–H groups in total. The minimum absolute atomic E-state index is 0.00589. The van der Waals surface area contributed by atoms with Gasteiger partial charge >= 0.3 is 12.1 Å². The van der Waals surface area contributed by atoms with Crippen molar-refractivity contribution in [1.29, 1.82) is 0 Å². The fraction of sp³-hybridized carbons (Fsp3) is 0.615. The summed E-state index contributed by atoms with van der Waals surface area (Å²) in [5.74, 6) is -3.06. The van der Waals surface area contributed by atoms with Gasteiger partial charge in [-0.05, 0) is 110 Å². The SMILES string of the molecule is CCCOCCOCCOCCOCCOCCOCCOCCOCCOCCC(=O)N[C@H](C(=O)N[C@@H](CCCCN)C(=O)Nc1ccc(COC(=O)N[C@H]2CCc3c(C)c(F)cc4nc5c(c2c34)Cn2c-5cc3c(c2=O)COC(=O)C3CC)cc1)C(C)C. The molecular weight excluding hydrogens is 1170 g/mol. The van der Waals surface area contributed by atoms with Crippen LogP contribution in [0.3, 0.4) is 0 Å². The van der Waals surface area contributed by atoms with Gasteiger partial charge in [0.1, 0.15) is 31.1 Å². The van der Waals surface area contributed by atoms with Crippen LogP contribution in [0.15, 0.2) is 41.2 Å². The van der Waals surface area contributed by atoms with Crippen molar-refractivity contribution in [2.24, 2.45) is 11.7 Å². The van der Waals surface area contributed by atoms with Crippen LogP contribution < -0.4 is 32.6 Å². The average molecular weight is 1260 g/mol. The predicted molar refractivity (Wildman–Crippen MR) is 331 cm³/mol. The molecule has 4 aromatic rings. The minimum Gasteiger partial charge on any atom is -0.460 e. The summed E-state index contributed by atoms with van der Waals surface area (Å²) in [6.07, 6.45) is 3.14. The van der Waals surface area contributed by atoms with Gasteiger partial charge in [-0.3, -0.25) is 24.0 Å². The third-order valence-corrected chi connectivity index (χ3v) is 15.7. The molecule has 0 saturated heterocycles. The van der Waals surface area contributed by atoms with Crippen LogP contribution in [0.1, 0.15) is 124 Å². The van der Waals surface area contributed by atoms with Crippen molar-refractivity contribution in [2.45, 2.75) is 130 Å². The molecule has 496 valence electrons. The number of carbonyl (C=O) groups is 5. The highest BCUT2D eigenvalue weighted by molar-refractivity contribution is 5.98. The van der Waals surface area contributed by atoms with Gasteiger partial charge in [-0.25, -0.2) is 14.2 Å². The highest BCUT2D eigenvalue weighted by Crippen LogP contribution is 2.45. The Balaban J connectivity index is 0.775. The number of halogens is 1. The van der Waals surface area contributed by atoms with Crippen LogP contribution in [-0.4, -0.2) is 177 Å². The Kier molecular flexibility index (Phi) is 29.7. The number of fused-ring (bicyclic) bond motifs is 5. The first-order valence-corrected chi connectivity index (χ1v) is 31.6. The molecule has 4 amide bonds. The first kappa shape index (κ1) is 70.9. The van der Waals surface area contributed by atoms with E-state index >= 15 is 4.39 Å². The Morgan fingerprint density at radius 1 is 0.733 bits per heavy atom. The topological polar surface area (TPSA) is 296 Å². The number of cyclic esters (lactones) is 1. The largest absolute Gasteiger partial charge is 0.460 e. The molecule has 0 spiro atoms. The van der Waals surface area contributed by atoms with Crippen LogP contribution >= 0.6 is 0 Å². The second-order valence-electron chi connectivity index (χ2n) is 22.5. The molecular formula is C65H92FN7O17. The van der Waals surface area contributed by atoms with Gasteiger partial charge in [0.15, 0.2) is 0 Å². The number of nitrogens with one attached hydrogen (secondary N) is 4. The van der Waals surface area contributed by atoms with Gasteiger partial charge in [0.05, 0.1) is 153 Å². The summed E-state index contributed by atoms with van der Waals surface area (Å²) in [6.45, 7) is 17.6. The number of nitrogens with zero attached hydrogens (tertiary/aromatic N) is 2. The molecule has 1 aliphatic carbocycles. The molecule has 0 radical (unpaired) electrons. The maximum atomic E-state index is 15.5. The van der Waals surface area contributed by atoms with E-state index in [0.717, 1.165) is 35.1 Å². The maximum Gasteiger partial charge on any atom is 0.407 e. The molecule has 4 heterocycles. The van der Waals surface area contributed by atoms with Gasteiger partial charge < -0.3 is 83.7 Å². The Hall–Kier alpha value is -6.52. The van der Waals surface area contributed by atoms with Crippen molar-refractivity contribution >= 4 is 46.4 Å². The summed E-state index contributed by atoms with van der Waals surface area (Å²) in [5.41, 5.74) is 11.8. The molecule has 3 aliphatic rings. The number of unbranched alkanes of at least 4 members (excludes halogenated alkanes) is 1. The lowest BCUT2D eigenvalue weighted by molar-refractivity contribution is -0.148. The molecule has 4 atom stereocenters. The molecule has 24 nitrogen and oxygen atoms in total. The van der Waals surface area contributed by atoms with E-state index in [2.05, 4.69) is 28.2 Å². The van der Waals surface area contributed by atoms with Gasteiger partial charge in [-0.1, -0.05) is 39.8 Å². The molecule has 0 saturated carbocycles. The normalized spacial score (nSPS) is 15.4. The molecule has 1 unspecified atom stereocenters. The lowest BCUT2D eigenvalue weighted by Crippen LogP contribution is -2.54. The van der Waals surface area contributed by atoms with Crippen LogP contribution in [0.25, 0.3) is 22.3 Å². The number of ether oxygens (including phenoxy) is 11. The number of pyridine rings is 2. The Labute approximate surface area is 525 Å². The number of rotatable bonds is 43. The standard InChI is InChI=1S/C65H92FN7O17/c1-6-19-80-21-23-82-25-27-84-29-31-86-33-35-88-36-34-87-32-30-85-28-26-83-24-22-81-20-17-56(74)72-59(42(3)4)62(76)70-53(10-8-9-18-67)61(75)68-45-13-11-44(12-14-45)40-90-65(79)71-52-16-15-47-43(5)51(66)38-54-57(47)58(52)49-39-73-55(60(49)69-54)37-48-46(7-2)64(78)89-41-50(48)63(73)77/h11-14,37-38,42,46,52-53,59H,6-10,15-36,39-41,67H2,1-5H3,(H,68,75)(H,70,76)(H,71,79)(H,72,74)/t46?,52-,53-,59-/m0/s1. The lowest BCUT2D eigenvalue weighted by Gasteiger charge is -2.29. The quantitative estimate of drug-likeness (QED) is 0.0221. The van der Waals surface area contributed by atoms with Crippen molar-refractivity contribution < 1.29 is 80.5 Å². The zero-order valence-electron chi connectivity index (χ0n) is 52.9. The van der Waals surface area contributed by atoms with Crippen molar-refractivity contribution in [3.05, 3.63) is 91.5 Å². The summed E-state index contributed by atoms with van der Waals surface area (Å²) < 4.78 is 77.7. The zero-order chi connectivity index (χ0) is 64.2. The van der Waals surface area contributed by atoms with E-state index in [0.29, 0.717) is 189 Å². The van der Waals surface area contributed by atoms with E-state index in [-0.39, 0.29) is 62.7 Å². The van der Waals surface area contributed by atoms with E-state index in [1.807, 2.05) is 13.0 Å². The van der Waals surface area contributed by atoms with Crippen molar-refractivity contribution in [3.8, 4) is 11.4 Å². The summed E-state index contributed by atoms with van der Waals surface area (Å²) >= 11 is 0. The first-order chi connectivity index (χ1) is 43.7. The van der Waals surface area contributed by atoms with E-state index in [4.69, 9.17) is 62.8 Å². The monoisotopic (exact) mass is 1260 g/mol. The van der Waals surface area contributed by atoms with Crippen LogP contribution in [0.5, 0.6) is 0 Å². The molecule has 2 aromatic carbocycles. The molecule has 90 heavy (non-hydrogen) atoms. The van der Waals surface area contributed by atoms with Gasteiger partial charge in [-0.15, -0.1) is 0 Å². The number of hydrogen-bond donors (Lipinski definition) is 5. The highest BCUT2D eigenvalue weighted by Gasteiger charge is 2.38. The molecule has 25 heteroatoms. The van der Waals surface area contributed by atoms with Crippen molar-refractivity contribution in [3.63, 3.8) is 0 Å². The lowest BCUT2D eigenvalue weighted by atomic mass is 9.81. The summed E-state index contributed by atoms with van der Waals surface area (Å²) in [7, 11) is 0. The second kappa shape index (κ2) is 37.7. The summed E-state index contributed by atoms with van der Waals surface area (Å²) in [6, 6.07) is 7.52. The number of alkyl carbamates (subject to hydrolysis) is 1. The molecule has 7 rings (SSSR count). The maximum absolute atomic E-state index is 15.5. The summed E-state index contributed by atoms with van der Waals surface area (Å²) in [5, 5.41) is 12.3. The van der Waals surface area contributed by atoms with E-state index in [1.54, 1.807) is 49.6 Å². The zero-order valence-corrected chi connectivity index (χ0v) is 52.9. The molecule has 2 aromatic heterocycles. The van der Waals surface area contributed by atoms with Crippen LogP contribution in [0.2, 0.25) is 0 Å². The van der Waals surface area contributed by atoms with Gasteiger partial charge in [0, 0.05) is 35.7 Å². The Morgan fingerprint density at radius 2 is 1.31 bits per heavy atom. The van der Waals surface area contributed by atoms with Crippen LogP contribution in [-0.2, 0) is 97.5 Å². The highest BCUT2D eigenvalue weighted by atomic mass is 19.1. The number of benzene rings is 2. The number of carbonyl (C=O) groups excluding carboxylic acids is 5. The third kappa shape index (κ3) is 20.7. The number of amides is 4. The minimum atomic E-state index is -0.944. The predicted octanol–water partition coefficient (Wildman–Crippen LogP) is 5.98. The smallest absolute Gasteiger partial charge is 0.407 e. The van der Waals surface area contributed by atoms with E-state index in [9.17, 15) is 28.8 Å². The second-order valence-corrected chi connectivity index (χ2v) is 22.5. The first-order valence-electron chi connectivity index (χ1n) is 31.6. The fourth-order valence-electron chi connectivity index (χ4n) is 10.9. The molecule has 0 fully saturated rings. The number of anilines is 1. The number of hydrogen-bond acceptors (Lipinski definition) is 19. The molecule has 0 bridgehead atoms. The number of esters is 1. The average Bonchev–Trinajstić information content (AvgIpc) is 1.47. The fourth-order valence-corrected chi connectivity index (χ4v) is 10.9. The summed E-state index contributed by atoms with van der Waals surface area (Å²) in [4.78, 5) is 85.9. The number of aromatic nitrogens is 2. The van der Waals surface area contributed by atoms with E-state index < -0.39 is 47.8 Å².